The fourth-order valence-electron chi connectivity index (χ4n) is 2.30. The van der Waals surface area contributed by atoms with E-state index < -0.39 is 12.0 Å². The van der Waals surface area contributed by atoms with Crippen LogP contribution in [0.25, 0.3) is 0 Å². The Balaban J connectivity index is 2.37. The van der Waals surface area contributed by atoms with Crippen LogP contribution >= 0.6 is 0 Å². The fourth-order valence-corrected chi connectivity index (χ4v) is 2.30. The lowest BCUT2D eigenvalue weighted by Crippen LogP contribution is -2.22. The van der Waals surface area contributed by atoms with Gasteiger partial charge < -0.3 is 10.4 Å². The molecule has 104 valence electrons. The number of anilines is 1. The summed E-state index contributed by atoms with van der Waals surface area (Å²) in [6.45, 7) is 4.00. The van der Waals surface area contributed by atoms with Crippen molar-refractivity contribution in [3.05, 3.63) is 65.2 Å². The second-order valence-electron chi connectivity index (χ2n) is 4.78. The van der Waals surface area contributed by atoms with Crippen molar-refractivity contribution in [2.75, 3.05) is 5.32 Å². The second-order valence-corrected chi connectivity index (χ2v) is 4.78. The predicted molar refractivity (Wildman–Crippen MR) is 81.0 cm³/mol. The smallest absolute Gasteiger partial charge is 0.330 e. The van der Waals surface area contributed by atoms with E-state index >= 15 is 0 Å². The summed E-state index contributed by atoms with van der Waals surface area (Å²) < 4.78 is 0. The summed E-state index contributed by atoms with van der Waals surface area (Å²) in [5.74, 6) is -0.867. The van der Waals surface area contributed by atoms with E-state index in [4.69, 9.17) is 0 Å². The van der Waals surface area contributed by atoms with Gasteiger partial charge in [-0.15, -0.1) is 0 Å². The molecule has 3 nitrogen and oxygen atoms in total. The molecule has 0 amide bonds. The molecule has 0 fully saturated rings. The summed E-state index contributed by atoms with van der Waals surface area (Å²) in [7, 11) is 0. The number of carboxylic acids is 1. The summed E-state index contributed by atoms with van der Waals surface area (Å²) in [4.78, 5) is 11.6. The molecule has 0 aliphatic carbocycles. The van der Waals surface area contributed by atoms with E-state index in [0.29, 0.717) is 0 Å². The largest absolute Gasteiger partial charge is 0.479 e. The van der Waals surface area contributed by atoms with Crippen LogP contribution in [-0.4, -0.2) is 11.1 Å². The van der Waals surface area contributed by atoms with E-state index in [9.17, 15) is 9.90 Å². The maximum absolute atomic E-state index is 11.6. The molecule has 2 aromatic carbocycles. The highest BCUT2D eigenvalue weighted by atomic mass is 16.4. The maximum atomic E-state index is 11.6. The average Bonchev–Trinajstić information content (AvgIpc) is 2.46. The molecule has 3 heteroatoms. The summed E-state index contributed by atoms with van der Waals surface area (Å²) in [5.41, 5.74) is 3.77. The van der Waals surface area contributed by atoms with Crippen molar-refractivity contribution in [1.82, 2.24) is 0 Å². The zero-order chi connectivity index (χ0) is 14.5. The van der Waals surface area contributed by atoms with Crippen LogP contribution in [0.4, 0.5) is 5.69 Å². The van der Waals surface area contributed by atoms with Gasteiger partial charge in [0.05, 0.1) is 0 Å². The topological polar surface area (TPSA) is 49.3 Å². The molecule has 0 radical (unpaired) electrons. The monoisotopic (exact) mass is 269 g/mol. The Labute approximate surface area is 119 Å². The number of benzene rings is 2. The highest BCUT2D eigenvalue weighted by Gasteiger charge is 2.22. The zero-order valence-corrected chi connectivity index (χ0v) is 11.8. The summed E-state index contributed by atoms with van der Waals surface area (Å²) in [5, 5.41) is 12.7. The summed E-state index contributed by atoms with van der Waals surface area (Å²) >= 11 is 0. The van der Waals surface area contributed by atoms with Crippen molar-refractivity contribution in [2.45, 2.75) is 26.3 Å². The van der Waals surface area contributed by atoms with Gasteiger partial charge >= 0.3 is 5.97 Å². The molecule has 2 aromatic rings. The fraction of sp³-hybridized carbons (Fsp3) is 0.235. The minimum Gasteiger partial charge on any atom is -0.479 e. The van der Waals surface area contributed by atoms with Crippen LogP contribution in [0.2, 0.25) is 0 Å². The van der Waals surface area contributed by atoms with Crippen molar-refractivity contribution in [3.8, 4) is 0 Å². The molecule has 0 saturated carbocycles. The van der Waals surface area contributed by atoms with Gasteiger partial charge in [-0.25, -0.2) is 4.79 Å². The molecule has 0 bridgehead atoms. The first-order valence-corrected chi connectivity index (χ1v) is 6.76. The Hall–Kier alpha value is -2.29. The van der Waals surface area contributed by atoms with Gasteiger partial charge in [0, 0.05) is 5.69 Å². The van der Waals surface area contributed by atoms with Crippen LogP contribution in [-0.2, 0) is 11.2 Å². The van der Waals surface area contributed by atoms with Crippen molar-refractivity contribution in [1.29, 1.82) is 0 Å². The lowest BCUT2D eigenvalue weighted by Gasteiger charge is -2.20. The third-order valence-electron chi connectivity index (χ3n) is 3.44. The lowest BCUT2D eigenvalue weighted by molar-refractivity contribution is -0.138. The van der Waals surface area contributed by atoms with Gasteiger partial charge in [-0.05, 0) is 36.1 Å². The third-order valence-corrected chi connectivity index (χ3v) is 3.44. The minimum absolute atomic E-state index is 0.729. The molecule has 0 aliphatic rings. The van der Waals surface area contributed by atoms with E-state index in [2.05, 4.69) is 5.32 Å². The Morgan fingerprint density at radius 2 is 1.80 bits per heavy atom. The van der Waals surface area contributed by atoms with Crippen molar-refractivity contribution in [3.63, 3.8) is 0 Å². The molecule has 1 unspecified atom stereocenters. The molecule has 1 atom stereocenters. The van der Waals surface area contributed by atoms with Crippen molar-refractivity contribution < 1.29 is 9.90 Å². The van der Waals surface area contributed by atoms with Gasteiger partial charge in [0.25, 0.3) is 0 Å². The molecule has 0 heterocycles. The van der Waals surface area contributed by atoms with E-state index in [1.807, 2.05) is 62.4 Å². The molecule has 20 heavy (non-hydrogen) atoms. The number of nitrogens with one attached hydrogen (secondary N) is 1. The first kappa shape index (κ1) is 14.1. The molecular formula is C17H19NO2. The molecular weight excluding hydrogens is 250 g/mol. The zero-order valence-electron chi connectivity index (χ0n) is 11.8. The van der Waals surface area contributed by atoms with Crippen LogP contribution in [0.15, 0.2) is 48.5 Å². The first-order valence-electron chi connectivity index (χ1n) is 6.76. The second kappa shape index (κ2) is 6.24. The van der Waals surface area contributed by atoms with Crippen LogP contribution in [0.1, 0.15) is 29.7 Å². The minimum atomic E-state index is -0.867. The highest BCUT2D eigenvalue weighted by molar-refractivity contribution is 5.80. The number of para-hydroxylation sites is 1. The first-order chi connectivity index (χ1) is 9.63. The van der Waals surface area contributed by atoms with Gasteiger partial charge in [0.1, 0.15) is 0 Å². The average molecular weight is 269 g/mol. The van der Waals surface area contributed by atoms with Gasteiger partial charge in [-0.1, -0.05) is 49.4 Å². The lowest BCUT2D eigenvalue weighted by atomic mass is 9.98. The van der Waals surface area contributed by atoms with Crippen LogP contribution in [0.5, 0.6) is 0 Å². The number of carboxylic acid groups (broad SMARTS) is 1. The Morgan fingerprint density at radius 1 is 1.15 bits per heavy atom. The van der Waals surface area contributed by atoms with Crippen LogP contribution in [0.3, 0.4) is 0 Å². The molecule has 0 saturated heterocycles. The normalized spacial score (nSPS) is 11.9. The number of aryl methyl sites for hydroxylation is 2. The van der Waals surface area contributed by atoms with E-state index in [1.54, 1.807) is 0 Å². The molecule has 0 spiro atoms. The Morgan fingerprint density at radius 3 is 2.45 bits per heavy atom. The quantitative estimate of drug-likeness (QED) is 0.868. The van der Waals surface area contributed by atoms with Crippen LogP contribution < -0.4 is 5.32 Å². The summed E-state index contributed by atoms with van der Waals surface area (Å²) in [6.07, 6.45) is 0.815. The number of hydrogen-bond donors (Lipinski definition) is 2. The van der Waals surface area contributed by atoms with Crippen molar-refractivity contribution in [2.24, 2.45) is 0 Å². The SMILES string of the molecule is CCc1ccccc1C(Nc1ccccc1C)C(=O)O. The van der Waals surface area contributed by atoms with Crippen molar-refractivity contribution >= 4 is 11.7 Å². The highest BCUT2D eigenvalue weighted by Crippen LogP contribution is 2.25. The summed E-state index contributed by atoms with van der Waals surface area (Å²) in [6, 6.07) is 14.7. The molecule has 0 aliphatic heterocycles. The maximum Gasteiger partial charge on any atom is 0.330 e. The molecule has 2 rings (SSSR count). The van der Waals surface area contributed by atoms with Gasteiger partial charge in [-0.2, -0.15) is 0 Å². The van der Waals surface area contributed by atoms with Gasteiger partial charge in [-0.3, -0.25) is 0 Å². The van der Waals surface area contributed by atoms with Crippen LogP contribution in [0, 0.1) is 6.92 Å². The number of hydrogen-bond acceptors (Lipinski definition) is 2. The molecule has 2 N–H and O–H groups in total. The number of rotatable bonds is 5. The van der Waals surface area contributed by atoms with E-state index in [0.717, 1.165) is 28.8 Å². The van der Waals surface area contributed by atoms with Gasteiger partial charge in [0.15, 0.2) is 6.04 Å². The van der Waals surface area contributed by atoms with Gasteiger partial charge in [0.2, 0.25) is 0 Å². The van der Waals surface area contributed by atoms with E-state index in [1.165, 1.54) is 0 Å². The Bertz CT molecular complexity index is 607. The van der Waals surface area contributed by atoms with E-state index in [-0.39, 0.29) is 0 Å². The predicted octanol–water partition coefficient (Wildman–Crippen LogP) is 3.80. The number of aliphatic carboxylic acids is 1. The number of carbonyl (C=O) groups is 1. The third kappa shape index (κ3) is 2.99. The standard InChI is InChI=1S/C17H19NO2/c1-3-13-9-5-6-10-14(13)16(17(19)20)18-15-11-7-4-8-12(15)2/h4-11,16,18H,3H2,1-2H3,(H,19,20). The molecule has 0 aromatic heterocycles. The Kier molecular flexibility index (Phi) is 4.41.